The first-order valence-corrected chi connectivity index (χ1v) is 11.0. The summed E-state index contributed by atoms with van der Waals surface area (Å²) in [7, 11) is 0. The number of urea groups is 1. The first kappa shape index (κ1) is 19.6. The van der Waals surface area contributed by atoms with Crippen LogP contribution in [0.25, 0.3) is 11.1 Å². The van der Waals surface area contributed by atoms with Gasteiger partial charge in [0, 0.05) is 12.1 Å². The van der Waals surface area contributed by atoms with Crippen LogP contribution in [-0.4, -0.2) is 40.1 Å². The number of carboxylic acids is 1. The van der Waals surface area contributed by atoms with Crippen molar-refractivity contribution in [1.82, 2.24) is 15.2 Å². The molecular formula is C21H25ClN4O4. The Hall–Kier alpha value is -2.32. The molecule has 1 saturated heterocycles. The summed E-state index contributed by atoms with van der Waals surface area (Å²) in [5.41, 5.74) is 2.34. The van der Waals surface area contributed by atoms with Crippen LogP contribution >= 0.6 is 11.6 Å². The second-order valence-electron chi connectivity index (χ2n) is 8.70. The van der Waals surface area contributed by atoms with E-state index in [4.69, 9.17) is 16.0 Å². The Morgan fingerprint density at radius 3 is 2.90 bits per heavy atom. The topological polar surface area (TPSA) is 108 Å². The fourth-order valence-corrected chi connectivity index (χ4v) is 5.52. The largest absolute Gasteiger partial charge is 0.481 e. The van der Waals surface area contributed by atoms with Gasteiger partial charge in [0.15, 0.2) is 5.58 Å². The van der Waals surface area contributed by atoms with Crippen molar-refractivity contribution < 1.29 is 19.1 Å². The summed E-state index contributed by atoms with van der Waals surface area (Å²) in [5, 5.41) is 15.8. The molecule has 1 aromatic heterocycles. The van der Waals surface area contributed by atoms with Crippen molar-refractivity contribution in [3.63, 3.8) is 0 Å². The zero-order valence-electron chi connectivity index (χ0n) is 16.7. The van der Waals surface area contributed by atoms with E-state index in [-0.39, 0.29) is 11.9 Å². The molecule has 8 nitrogen and oxygen atoms in total. The Morgan fingerprint density at radius 1 is 1.33 bits per heavy atom. The number of hydrogen-bond acceptors (Lipinski definition) is 5. The molecule has 2 amide bonds. The van der Waals surface area contributed by atoms with Crippen LogP contribution in [0.5, 0.6) is 0 Å². The molecule has 2 fully saturated rings. The van der Waals surface area contributed by atoms with Gasteiger partial charge in [-0.1, -0.05) is 30.9 Å². The van der Waals surface area contributed by atoms with Gasteiger partial charge in [-0.25, -0.2) is 9.78 Å². The zero-order chi connectivity index (χ0) is 20.9. The van der Waals surface area contributed by atoms with E-state index >= 15 is 0 Å². The van der Waals surface area contributed by atoms with Crippen LogP contribution < -0.4 is 10.6 Å². The van der Waals surface area contributed by atoms with Gasteiger partial charge in [-0.05, 0) is 38.3 Å². The Morgan fingerprint density at radius 2 is 2.13 bits per heavy atom. The molecular weight excluding hydrogens is 408 g/mol. The predicted molar refractivity (Wildman–Crippen MR) is 112 cm³/mol. The number of carbonyl (C=O) groups is 2. The van der Waals surface area contributed by atoms with Crippen LogP contribution in [-0.2, 0) is 16.9 Å². The van der Waals surface area contributed by atoms with E-state index in [0.29, 0.717) is 47.2 Å². The molecule has 0 bridgehead atoms. The number of oxazole rings is 1. The number of nitrogens with zero attached hydrogens (tertiary/aromatic N) is 2. The quantitative estimate of drug-likeness (QED) is 0.674. The van der Waals surface area contributed by atoms with Crippen LogP contribution in [0.2, 0.25) is 5.02 Å². The number of benzene rings is 1. The molecule has 2 aliphatic heterocycles. The van der Waals surface area contributed by atoms with E-state index in [1.54, 1.807) is 6.07 Å². The number of hydrogen-bond donors (Lipinski definition) is 3. The monoisotopic (exact) mass is 432 g/mol. The maximum absolute atomic E-state index is 12.4. The zero-order valence-corrected chi connectivity index (χ0v) is 17.4. The van der Waals surface area contributed by atoms with Crippen LogP contribution in [0.4, 0.5) is 10.5 Å². The highest BCUT2D eigenvalue weighted by atomic mass is 35.5. The van der Waals surface area contributed by atoms with E-state index in [0.717, 1.165) is 50.6 Å². The summed E-state index contributed by atoms with van der Waals surface area (Å²) >= 11 is 6.54. The summed E-state index contributed by atoms with van der Waals surface area (Å²) in [4.78, 5) is 30.5. The maximum Gasteiger partial charge on any atom is 0.319 e. The van der Waals surface area contributed by atoms with Crippen molar-refractivity contribution in [3.8, 4) is 0 Å². The number of rotatable bonds is 3. The number of anilines is 1. The van der Waals surface area contributed by atoms with E-state index in [9.17, 15) is 14.7 Å². The van der Waals surface area contributed by atoms with Crippen molar-refractivity contribution in [2.75, 3.05) is 18.4 Å². The number of aliphatic carboxylic acids is 1. The second kappa shape index (κ2) is 7.42. The summed E-state index contributed by atoms with van der Waals surface area (Å²) in [5.74, 6) is -0.558. The van der Waals surface area contributed by atoms with Crippen LogP contribution in [0.3, 0.4) is 0 Å². The average Bonchev–Trinajstić information content (AvgIpc) is 3.10. The number of aromatic nitrogens is 1. The summed E-state index contributed by atoms with van der Waals surface area (Å²) in [6, 6.07) is 1.50. The Labute approximate surface area is 178 Å². The van der Waals surface area contributed by atoms with E-state index in [2.05, 4.69) is 20.5 Å². The van der Waals surface area contributed by atoms with E-state index in [1.165, 1.54) is 0 Å². The minimum absolute atomic E-state index is 0.238. The smallest absolute Gasteiger partial charge is 0.319 e. The number of amides is 2. The molecule has 9 heteroatoms. The van der Waals surface area contributed by atoms with Gasteiger partial charge in [-0.3, -0.25) is 9.69 Å². The average molecular weight is 433 g/mol. The summed E-state index contributed by atoms with van der Waals surface area (Å²) < 4.78 is 6.23. The van der Waals surface area contributed by atoms with Gasteiger partial charge in [-0.15, -0.1) is 0 Å². The fourth-order valence-electron chi connectivity index (χ4n) is 5.27. The molecule has 3 N–H and O–H groups in total. The minimum Gasteiger partial charge on any atom is -0.481 e. The fraction of sp³-hybridized carbons (Fsp3) is 0.571. The van der Waals surface area contributed by atoms with Gasteiger partial charge in [0.1, 0.15) is 5.52 Å². The number of piperidine rings is 1. The normalized spacial score (nSPS) is 23.8. The van der Waals surface area contributed by atoms with Gasteiger partial charge >= 0.3 is 12.0 Å². The second-order valence-corrected chi connectivity index (χ2v) is 9.11. The summed E-state index contributed by atoms with van der Waals surface area (Å²) in [6.45, 7) is 1.77. The molecule has 1 unspecified atom stereocenters. The lowest BCUT2D eigenvalue weighted by Crippen LogP contribution is -2.52. The van der Waals surface area contributed by atoms with Gasteiger partial charge in [0.05, 0.1) is 28.7 Å². The Kier molecular flexibility index (Phi) is 4.86. The molecule has 2 aromatic rings. The number of nitrogens with one attached hydrogen (secondary N) is 2. The number of halogens is 1. The van der Waals surface area contributed by atoms with Gasteiger partial charge in [0.2, 0.25) is 5.89 Å². The molecule has 1 spiro atoms. The summed E-state index contributed by atoms with van der Waals surface area (Å²) in [6.07, 6.45) is 6.42. The standard InChI is InChI=1S/C21H25ClN4O4/c22-13-9-14-18(16-17(13)24-20(29)25-21(16)6-2-1-3-7-21)30-15(23-14)11-26-8-4-5-12(10-26)19(27)28/h9,12H,1-8,10-11H2,(H,27,28)(H2,24,25,29). The number of fused-ring (bicyclic) bond motifs is 4. The van der Waals surface area contributed by atoms with E-state index in [1.807, 2.05) is 0 Å². The molecule has 1 atom stereocenters. The highest BCUT2D eigenvalue weighted by Crippen LogP contribution is 2.48. The van der Waals surface area contributed by atoms with Crippen molar-refractivity contribution >= 4 is 40.4 Å². The molecule has 3 aliphatic rings. The van der Waals surface area contributed by atoms with Crippen molar-refractivity contribution in [2.24, 2.45) is 5.92 Å². The third kappa shape index (κ3) is 3.32. The first-order chi connectivity index (χ1) is 14.4. The highest BCUT2D eigenvalue weighted by molar-refractivity contribution is 6.35. The number of carbonyl (C=O) groups excluding carboxylic acids is 1. The van der Waals surface area contributed by atoms with Crippen molar-refractivity contribution in [1.29, 1.82) is 0 Å². The molecule has 1 aliphatic carbocycles. The lowest BCUT2D eigenvalue weighted by atomic mass is 9.74. The molecule has 1 saturated carbocycles. The highest BCUT2D eigenvalue weighted by Gasteiger charge is 2.44. The number of carboxylic acid groups (broad SMARTS) is 1. The van der Waals surface area contributed by atoms with Gasteiger partial charge in [0.25, 0.3) is 0 Å². The van der Waals surface area contributed by atoms with Gasteiger partial charge in [-0.2, -0.15) is 0 Å². The Balaban J connectivity index is 1.53. The molecule has 3 heterocycles. The Bertz CT molecular complexity index is 1010. The third-order valence-corrected chi connectivity index (χ3v) is 6.97. The van der Waals surface area contributed by atoms with Crippen LogP contribution in [0, 0.1) is 5.92 Å². The molecule has 5 rings (SSSR count). The predicted octanol–water partition coefficient (Wildman–Crippen LogP) is 4.07. The number of likely N-dealkylation sites (tertiary alicyclic amines) is 1. The lowest BCUT2D eigenvalue weighted by Gasteiger charge is -2.42. The SMILES string of the molecule is O=C1Nc2c(Cl)cc3nc(CN4CCCC(C(=O)O)C4)oc3c2C2(CCCCC2)N1. The van der Waals surface area contributed by atoms with Crippen molar-refractivity contribution in [3.05, 3.63) is 22.5 Å². The van der Waals surface area contributed by atoms with Crippen LogP contribution in [0.15, 0.2) is 10.5 Å². The molecule has 1 aromatic carbocycles. The maximum atomic E-state index is 12.4. The van der Waals surface area contributed by atoms with Crippen LogP contribution in [0.1, 0.15) is 56.4 Å². The molecule has 30 heavy (non-hydrogen) atoms. The minimum atomic E-state index is -0.751. The molecule has 0 radical (unpaired) electrons. The van der Waals surface area contributed by atoms with E-state index < -0.39 is 11.5 Å². The third-order valence-electron chi connectivity index (χ3n) is 6.67. The first-order valence-electron chi connectivity index (χ1n) is 10.6. The molecule has 160 valence electrons. The lowest BCUT2D eigenvalue weighted by molar-refractivity contribution is -0.143. The van der Waals surface area contributed by atoms with Crippen molar-refractivity contribution in [2.45, 2.75) is 57.0 Å². The van der Waals surface area contributed by atoms with Gasteiger partial charge < -0.3 is 20.2 Å².